The maximum atomic E-state index is 12.0. The lowest BCUT2D eigenvalue weighted by atomic mass is 10.0. The van der Waals surface area contributed by atoms with Crippen LogP contribution in [0.3, 0.4) is 0 Å². The Morgan fingerprint density at radius 2 is 2.20 bits per heavy atom. The molecular formula is C14H20ClNO2S2. The van der Waals surface area contributed by atoms with Crippen LogP contribution in [0.5, 0.6) is 0 Å². The Kier molecular flexibility index (Phi) is 5.78. The number of thiophene rings is 1. The molecule has 3 nitrogen and oxygen atoms in total. The van der Waals surface area contributed by atoms with E-state index in [-0.39, 0.29) is 5.91 Å². The van der Waals surface area contributed by atoms with E-state index in [0.29, 0.717) is 12.3 Å². The molecule has 1 N–H and O–H groups in total. The SMILES string of the molecule is CN(CC1(O)CCCC1)C(=O)CSCc1ccc(Cl)s1. The summed E-state index contributed by atoms with van der Waals surface area (Å²) in [7, 11) is 1.78. The first-order chi connectivity index (χ1) is 9.48. The van der Waals surface area contributed by atoms with E-state index in [2.05, 4.69) is 0 Å². The number of halogens is 1. The normalized spacial score (nSPS) is 17.4. The van der Waals surface area contributed by atoms with Crippen molar-refractivity contribution in [2.75, 3.05) is 19.3 Å². The van der Waals surface area contributed by atoms with Gasteiger partial charge in [0.2, 0.25) is 5.91 Å². The third-order valence-corrected chi connectivity index (χ3v) is 5.97. The third kappa shape index (κ3) is 4.65. The Labute approximate surface area is 133 Å². The number of likely N-dealkylation sites (N-methyl/N-ethyl adjacent to an activating group) is 1. The van der Waals surface area contributed by atoms with Gasteiger partial charge in [-0.05, 0) is 25.0 Å². The molecule has 112 valence electrons. The van der Waals surface area contributed by atoms with Crippen LogP contribution < -0.4 is 0 Å². The molecule has 0 radical (unpaired) electrons. The highest BCUT2D eigenvalue weighted by molar-refractivity contribution is 7.99. The summed E-state index contributed by atoms with van der Waals surface area (Å²) in [4.78, 5) is 14.9. The van der Waals surface area contributed by atoms with E-state index >= 15 is 0 Å². The van der Waals surface area contributed by atoms with Gasteiger partial charge in [0.15, 0.2) is 0 Å². The van der Waals surface area contributed by atoms with Gasteiger partial charge in [0.1, 0.15) is 0 Å². The van der Waals surface area contributed by atoms with Crippen LogP contribution in [0, 0.1) is 0 Å². The van der Waals surface area contributed by atoms with Gasteiger partial charge in [-0.1, -0.05) is 24.4 Å². The number of rotatable bonds is 6. The van der Waals surface area contributed by atoms with Gasteiger partial charge in [-0.15, -0.1) is 23.1 Å². The minimum Gasteiger partial charge on any atom is -0.388 e. The number of thioether (sulfide) groups is 1. The average molecular weight is 334 g/mol. The van der Waals surface area contributed by atoms with E-state index < -0.39 is 5.60 Å². The summed E-state index contributed by atoms with van der Waals surface area (Å²) in [5.41, 5.74) is -0.656. The fourth-order valence-corrected chi connectivity index (χ4v) is 4.66. The molecule has 1 amide bonds. The van der Waals surface area contributed by atoms with Crippen molar-refractivity contribution in [1.82, 2.24) is 4.90 Å². The molecular weight excluding hydrogens is 314 g/mol. The number of carbonyl (C=O) groups is 1. The standard InChI is InChI=1S/C14H20ClNO2S2/c1-16(10-14(18)6-2-3-7-14)13(17)9-19-8-11-4-5-12(15)20-11/h4-5,18H,2-3,6-10H2,1H3. The van der Waals surface area contributed by atoms with E-state index in [9.17, 15) is 9.90 Å². The van der Waals surface area contributed by atoms with Crippen LogP contribution in [-0.2, 0) is 10.5 Å². The first-order valence-electron chi connectivity index (χ1n) is 6.77. The van der Waals surface area contributed by atoms with E-state index in [4.69, 9.17) is 11.6 Å². The average Bonchev–Trinajstić information content (AvgIpc) is 2.98. The summed E-state index contributed by atoms with van der Waals surface area (Å²) in [6.45, 7) is 0.456. The summed E-state index contributed by atoms with van der Waals surface area (Å²) >= 11 is 9.01. The molecule has 1 aliphatic rings. The molecule has 0 atom stereocenters. The monoisotopic (exact) mass is 333 g/mol. The summed E-state index contributed by atoms with van der Waals surface area (Å²) in [5, 5.41) is 10.3. The van der Waals surface area contributed by atoms with Crippen molar-refractivity contribution in [1.29, 1.82) is 0 Å². The van der Waals surface area contributed by atoms with Gasteiger partial charge in [-0.2, -0.15) is 0 Å². The zero-order valence-corrected chi connectivity index (χ0v) is 14.0. The van der Waals surface area contributed by atoms with E-state index in [1.807, 2.05) is 12.1 Å². The number of carbonyl (C=O) groups excluding carboxylic acids is 1. The van der Waals surface area contributed by atoms with Crippen molar-refractivity contribution in [3.63, 3.8) is 0 Å². The maximum absolute atomic E-state index is 12.0. The van der Waals surface area contributed by atoms with Crippen LogP contribution in [0.4, 0.5) is 0 Å². The van der Waals surface area contributed by atoms with Crippen molar-refractivity contribution in [3.8, 4) is 0 Å². The van der Waals surface area contributed by atoms with Crippen LogP contribution in [0.25, 0.3) is 0 Å². The van der Waals surface area contributed by atoms with Gasteiger partial charge in [0.25, 0.3) is 0 Å². The van der Waals surface area contributed by atoms with Gasteiger partial charge in [0.05, 0.1) is 15.7 Å². The Balaban J connectivity index is 1.71. The second-order valence-corrected chi connectivity index (χ2v) is 8.17. The summed E-state index contributed by atoms with van der Waals surface area (Å²) in [5.74, 6) is 1.33. The lowest BCUT2D eigenvalue weighted by Gasteiger charge is -2.28. The molecule has 0 saturated heterocycles. The molecule has 0 aliphatic heterocycles. The maximum Gasteiger partial charge on any atom is 0.232 e. The van der Waals surface area contributed by atoms with Crippen LogP contribution in [0.2, 0.25) is 4.34 Å². The van der Waals surface area contributed by atoms with Crippen molar-refractivity contribution < 1.29 is 9.90 Å². The Morgan fingerprint density at radius 3 is 2.80 bits per heavy atom. The Morgan fingerprint density at radius 1 is 1.50 bits per heavy atom. The molecule has 0 bridgehead atoms. The van der Waals surface area contributed by atoms with Crippen molar-refractivity contribution >= 4 is 40.6 Å². The first-order valence-corrected chi connectivity index (χ1v) is 9.12. The summed E-state index contributed by atoms with van der Waals surface area (Å²) in [6.07, 6.45) is 3.75. The highest BCUT2D eigenvalue weighted by Crippen LogP contribution is 2.30. The molecule has 1 aromatic heterocycles. The molecule has 1 saturated carbocycles. The molecule has 1 aromatic rings. The molecule has 0 aromatic carbocycles. The van der Waals surface area contributed by atoms with E-state index in [0.717, 1.165) is 35.8 Å². The Bertz CT molecular complexity index is 458. The molecule has 2 rings (SSSR count). The van der Waals surface area contributed by atoms with Crippen molar-refractivity contribution in [2.24, 2.45) is 0 Å². The zero-order chi connectivity index (χ0) is 14.6. The topological polar surface area (TPSA) is 40.5 Å². The fourth-order valence-electron chi connectivity index (χ4n) is 2.50. The zero-order valence-electron chi connectivity index (χ0n) is 11.6. The number of hydrogen-bond donors (Lipinski definition) is 1. The van der Waals surface area contributed by atoms with E-state index in [1.165, 1.54) is 4.88 Å². The van der Waals surface area contributed by atoms with Gasteiger partial charge < -0.3 is 10.0 Å². The fraction of sp³-hybridized carbons (Fsp3) is 0.643. The number of nitrogens with zero attached hydrogens (tertiary/aromatic N) is 1. The van der Waals surface area contributed by atoms with Crippen molar-refractivity contribution in [3.05, 3.63) is 21.3 Å². The molecule has 6 heteroatoms. The predicted octanol–water partition coefficient (Wildman–Crippen LogP) is 3.40. The largest absolute Gasteiger partial charge is 0.388 e. The molecule has 20 heavy (non-hydrogen) atoms. The summed E-state index contributed by atoms with van der Waals surface area (Å²) in [6, 6.07) is 3.88. The highest BCUT2D eigenvalue weighted by Gasteiger charge is 2.33. The first kappa shape index (κ1) is 16.1. The molecule has 1 fully saturated rings. The highest BCUT2D eigenvalue weighted by atomic mass is 35.5. The van der Waals surface area contributed by atoms with E-state index in [1.54, 1.807) is 35.0 Å². The van der Waals surface area contributed by atoms with Crippen LogP contribution in [0.15, 0.2) is 12.1 Å². The number of aliphatic hydroxyl groups is 1. The van der Waals surface area contributed by atoms with Crippen molar-refractivity contribution in [2.45, 2.75) is 37.0 Å². The lowest BCUT2D eigenvalue weighted by molar-refractivity contribution is -0.130. The molecule has 0 unspecified atom stereocenters. The molecule has 0 spiro atoms. The minimum absolute atomic E-state index is 0.0815. The quantitative estimate of drug-likeness (QED) is 0.867. The lowest BCUT2D eigenvalue weighted by Crippen LogP contribution is -2.42. The smallest absolute Gasteiger partial charge is 0.232 e. The number of amides is 1. The molecule has 1 heterocycles. The molecule has 1 aliphatic carbocycles. The van der Waals surface area contributed by atoms with Gasteiger partial charge in [-0.3, -0.25) is 4.79 Å². The second kappa shape index (κ2) is 7.16. The van der Waals surface area contributed by atoms with Crippen LogP contribution in [-0.4, -0.2) is 40.9 Å². The van der Waals surface area contributed by atoms with Crippen LogP contribution in [0.1, 0.15) is 30.6 Å². The minimum atomic E-state index is -0.656. The number of hydrogen-bond acceptors (Lipinski definition) is 4. The van der Waals surface area contributed by atoms with Gasteiger partial charge in [0, 0.05) is 24.2 Å². The predicted molar refractivity (Wildman–Crippen MR) is 86.5 cm³/mol. The van der Waals surface area contributed by atoms with Gasteiger partial charge in [-0.25, -0.2) is 0 Å². The van der Waals surface area contributed by atoms with Gasteiger partial charge >= 0.3 is 0 Å². The second-order valence-electron chi connectivity index (χ2n) is 5.38. The Hall–Kier alpha value is -0.230. The summed E-state index contributed by atoms with van der Waals surface area (Å²) < 4.78 is 0.785. The van der Waals surface area contributed by atoms with Crippen LogP contribution >= 0.6 is 34.7 Å². The third-order valence-electron chi connectivity index (χ3n) is 3.59.